The Balaban J connectivity index is 0.00000225. The first-order valence-electron chi connectivity index (χ1n) is 8.18. The van der Waals surface area contributed by atoms with Crippen molar-refractivity contribution in [2.24, 2.45) is 11.7 Å². The zero-order valence-corrected chi connectivity index (χ0v) is 14.8. The highest BCUT2D eigenvalue weighted by Gasteiger charge is 2.43. The van der Waals surface area contributed by atoms with E-state index in [0.29, 0.717) is 17.7 Å². The van der Waals surface area contributed by atoms with E-state index in [1.807, 2.05) is 0 Å². The van der Waals surface area contributed by atoms with Gasteiger partial charge < -0.3 is 16.4 Å². The summed E-state index contributed by atoms with van der Waals surface area (Å²) in [4.78, 5) is 35.6. The van der Waals surface area contributed by atoms with Gasteiger partial charge in [0.25, 0.3) is 5.91 Å². The van der Waals surface area contributed by atoms with Gasteiger partial charge in [-0.25, -0.2) is 4.79 Å². The number of nitrogens with one attached hydrogen (secondary N) is 3. The summed E-state index contributed by atoms with van der Waals surface area (Å²) in [6.45, 7) is 1.63. The van der Waals surface area contributed by atoms with Crippen LogP contribution in [0.2, 0.25) is 0 Å². The van der Waals surface area contributed by atoms with Gasteiger partial charge >= 0.3 is 6.03 Å². The topological polar surface area (TPSA) is 113 Å². The van der Waals surface area contributed by atoms with E-state index in [-0.39, 0.29) is 30.3 Å². The summed E-state index contributed by atoms with van der Waals surface area (Å²) in [6, 6.07) is 6.53. The first kappa shape index (κ1) is 19.2. The largest absolute Gasteiger partial charge is 0.327 e. The SMILES string of the molecule is CC1(c2cccc(NC(=O)C[C@@H]3CCC[C@H]3N)c2)NC(=O)NC1=O.Cl. The molecular formula is C17H23ClN4O3. The Kier molecular flexibility index (Phi) is 5.69. The maximum Gasteiger partial charge on any atom is 0.322 e. The fraction of sp³-hybridized carbons (Fsp3) is 0.471. The Hall–Kier alpha value is -2.12. The monoisotopic (exact) mass is 366 g/mol. The Morgan fingerprint density at radius 3 is 2.72 bits per heavy atom. The highest BCUT2D eigenvalue weighted by molar-refractivity contribution is 6.07. The molecule has 2 aliphatic rings. The molecule has 25 heavy (non-hydrogen) atoms. The quantitative estimate of drug-likeness (QED) is 0.606. The van der Waals surface area contributed by atoms with Gasteiger partial charge in [0.05, 0.1) is 0 Å². The number of anilines is 1. The van der Waals surface area contributed by atoms with Crippen LogP contribution in [0.15, 0.2) is 24.3 Å². The van der Waals surface area contributed by atoms with Crippen LogP contribution < -0.4 is 21.7 Å². The predicted molar refractivity (Wildman–Crippen MR) is 96.3 cm³/mol. The van der Waals surface area contributed by atoms with E-state index in [1.165, 1.54) is 0 Å². The van der Waals surface area contributed by atoms with E-state index in [1.54, 1.807) is 31.2 Å². The standard InChI is InChI=1S/C17H22N4O3.ClH/c1-17(15(23)20-16(24)21-17)11-5-3-6-12(9-11)19-14(22)8-10-4-2-7-13(10)18;/h3,5-6,9-10,13H,2,4,7-8,18H2,1H3,(H,19,22)(H2,20,21,23,24);1H/t10-,13+,17?;/m0./s1. The van der Waals surface area contributed by atoms with Crippen LogP contribution in [0.4, 0.5) is 10.5 Å². The highest BCUT2D eigenvalue weighted by Crippen LogP contribution is 2.28. The van der Waals surface area contributed by atoms with Crippen molar-refractivity contribution in [3.8, 4) is 0 Å². The molecule has 1 unspecified atom stereocenters. The highest BCUT2D eigenvalue weighted by atomic mass is 35.5. The third-order valence-corrected chi connectivity index (χ3v) is 4.93. The normalized spacial score (nSPS) is 28.1. The third-order valence-electron chi connectivity index (χ3n) is 4.93. The fourth-order valence-corrected chi connectivity index (χ4v) is 3.42. The van der Waals surface area contributed by atoms with E-state index in [2.05, 4.69) is 16.0 Å². The molecule has 1 saturated heterocycles. The zero-order chi connectivity index (χ0) is 17.3. The molecule has 3 atom stereocenters. The molecule has 7 nitrogen and oxygen atoms in total. The maximum atomic E-state index is 12.2. The van der Waals surface area contributed by atoms with E-state index in [0.717, 1.165) is 19.3 Å². The number of rotatable bonds is 4. The zero-order valence-electron chi connectivity index (χ0n) is 14.0. The van der Waals surface area contributed by atoms with Crippen LogP contribution in [0, 0.1) is 5.92 Å². The van der Waals surface area contributed by atoms with Gasteiger partial charge in [0, 0.05) is 18.2 Å². The Morgan fingerprint density at radius 2 is 2.12 bits per heavy atom. The van der Waals surface area contributed by atoms with Crippen molar-refractivity contribution >= 4 is 35.9 Å². The number of hydrogen-bond acceptors (Lipinski definition) is 4. The van der Waals surface area contributed by atoms with E-state index >= 15 is 0 Å². The van der Waals surface area contributed by atoms with Crippen LogP contribution >= 0.6 is 12.4 Å². The van der Waals surface area contributed by atoms with Gasteiger partial charge in [-0.2, -0.15) is 0 Å². The average molecular weight is 367 g/mol. The lowest BCUT2D eigenvalue weighted by Crippen LogP contribution is -2.40. The van der Waals surface area contributed by atoms with Gasteiger partial charge in [-0.3, -0.25) is 14.9 Å². The molecule has 1 aliphatic heterocycles. The van der Waals surface area contributed by atoms with E-state index < -0.39 is 17.5 Å². The van der Waals surface area contributed by atoms with Crippen LogP contribution in [0.5, 0.6) is 0 Å². The molecule has 0 bridgehead atoms. The van der Waals surface area contributed by atoms with Gasteiger partial charge in [-0.1, -0.05) is 18.6 Å². The van der Waals surface area contributed by atoms with Crippen LogP contribution in [0.25, 0.3) is 0 Å². The molecule has 5 N–H and O–H groups in total. The molecule has 8 heteroatoms. The second-order valence-corrected chi connectivity index (χ2v) is 6.72. The molecule has 1 aromatic carbocycles. The minimum atomic E-state index is -1.13. The number of urea groups is 1. The summed E-state index contributed by atoms with van der Waals surface area (Å²) in [7, 11) is 0. The summed E-state index contributed by atoms with van der Waals surface area (Å²) in [6.07, 6.45) is 3.43. The third kappa shape index (κ3) is 3.93. The lowest BCUT2D eigenvalue weighted by atomic mass is 9.92. The second-order valence-electron chi connectivity index (χ2n) is 6.72. The average Bonchev–Trinajstić information content (AvgIpc) is 3.03. The minimum absolute atomic E-state index is 0. The first-order valence-corrected chi connectivity index (χ1v) is 8.18. The van der Waals surface area contributed by atoms with Gasteiger partial charge in [-0.15, -0.1) is 12.4 Å². The molecule has 0 aromatic heterocycles. The van der Waals surface area contributed by atoms with Gasteiger partial charge in [0.2, 0.25) is 5.91 Å². The van der Waals surface area contributed by atoms with E-state index in [9.17, 15) is 14.4 Å². The molecule has 1 saturated carbocycles. The van der Waals surface area contributed by atoms with E-state index in [4.69, 9.17) is 5.73 Å². The number of carbonyl (C=O) groups is 3. The summed E-state index contributed by atoms with van der Waals surface area (Å²) < 4.78 is 0. The number of halogens is 1. The molecule has 0 radical (unpaired) electrons. The summed E-state index contributed by atoms with van der Waals surface area (Å²) in [5, 5.41) is 7.70. The van der Waals surface area contributed by atoms with Crippen LogP contribution in [-0.4, -0.2) is 23.9 Å². The van der Waals surface area contributed by atoms with Gasteiger partial charge in [0.15, 0.2) is 0 Å². The molecule has 1 aliphatic carbocycles. The van der Waals surface area contributed by atoms with Crippen LogP contribution in [0.1, 0.15) is 38.2 Å². The maximum absolute atomic E-state index is 12.2. The van der Waals surface area contributed by atoms with Crippen molar-refractivity contribution in [2.45, 2.75) is 44.2 Å². The van der Waals surface area contributed by atoms with Gasteiger partial charge in [-0.05, 0) is 43.4 Å². The summed E-state index contributed by atoms with van der Waals surface area (Å²) >= 11 is 0. The van der Waals surface area contributed by atoms with Crippen molar-refractivity contribution in [1.82, 2.24) is 10.6 Å². The molecule has 0 spiro atoms. The predicted octanol–water partition coefficient (Wildman–Crippen LogP) is 1.62. The Morgan fingerprint density at radius 1 is 1.36 bits per heavy atom. The van der Waals surface area contributed by atoms with Gasteiger partial charge in [0.1, 0.15) is 5.54 Å². The molecular weight excluding hydrogens is 344 g/mol. The number of benzene rings is 1. The number of imide groups is 1. The molecule has 4 amide bonds. The van der Waals surface area contributed by atoms with Crippen LogP contribution in [-0.2, 0) is 15.1 Å². The summed E-state index contributed by atoms with van der Waals surface area (Å²) in [5.74, 6) is -0.266. The Labute approximate surface area is 152 Å². The molecule has 1 aromatic rings. The molecule has 136 valence electrons. The molecule has 2 fully saturated rings. The number of carbonyl (C=O) groups excluding carboxylic acids is 3. The van der Waals surface area contributed by atoms with Crippen LogP contribution in [0.3, 0.4) is 0 Å². The molecule has 3 rings (SSSR count). The Bertz CT molecular complexity index is 696. The number of hydrogen-bond donors (Lipinski definition) is 4. The number of amides is 4. The first-order chi connectivity index (χ1) is 11.4. The number of nitrogens with two attached hydrogens (primary N) is 1. The minimum Gasteiger partial charge on any atom is -0.327 e. The van der Waals surface area contributed by atoms with Crippen molar-refractivity contribution in [3.63, 3.8) is 0 Å². The second kappa shape index (κ2) is 7.41. The van der Waals surface area contributed by atoms with Crippen molar-refractivity contribution in [2.75, 3.05) is 5.32 Å². The van der Waals surface area contributed by atoms with Crippen molar-refractivity contribution in [1.29, 1.82) is 0 Å². The lowest BCUT2D eigenvalue weighted by Gasteiger charge is -2.22. The molecule has 1 heterocycles. The smallest absolute Gasteiger partial charge is 0.322 e. The van der Waals surface area contributed by atoms with Crippen molar-refractivity contribution in [3.05, 3.63) is 29.8 Å². The summed E-state index contributed by atoms with van der Waals surface area (Å²) in [5.41, 5.74) is 6.08. The van der Waals surface area contributed by atoms with Crippen molar-refractivity contribution < 1.29 is 14.4 Å². The fourth-order valence-electron chi connectivity index (χ4n) is 3.42. The lowest BCUT2D eigenvalue weighted by molar-refractivity contribution is -0.123.